The first-order chi connectivity index (χ1) is 14.2. The van der Waals surface area contributed by atoms with Crippen molar-refractivity contribution in [1.82, 2.24) is 5.32 Å². The van der Waals surface area contributed by atoms with Gasteiger partial charge in [-0.15, -0.1) is 0 Å². The van der Waals surface area contributed by atoms with Crippen molar-refractivity contribution in [3.05, 3.63) is 0 Å². The van der Waals surface area contributed by atoms with Crippen LogP contribution in [0.5, 0.6) is 0 Å². The minimum atomic E-state index is -0.701. The molecule has 0 aromatic rings. The molecule has 0 fully saturated rings. The number of aliphatic carboxylic acids is 1. The number of carbonyl (C=O) groups is 1. The van der Waals surface area contributed by atoms with Gasteiger partial charge in [-0.3, -0.25) is 4.79 Å². The van der Waals surface area contributed by atoms with Gasteiger partial charge in [0, 0.05) is 19.3 Å². The fourth-order valence-electron chi connectivity index (χ4n) is 3.76. The third kappa shape index (κ3) is 23.5. The molecule has 0 saturated heterocycles. The van der Waals surface area contributed by atoms with E-state index < -0.39 is 5.97 Å². The van der Waals surface area contributed by atoms with Crippen molar-refractivity contribution in [2.45, 2.75) is 135 Å². The van der Waals surface area contributed by atoms with Gasteiger partial charge in [-0.25, -0.2) is 0 Å². The average molecular weight is 414 g/mol. The normalized spacial score (nSPS) is 12.3. The molecule has 0 aromatic heterocycles. The third-order valence-electron chi connectivity index (χ3n) is 5.62. The van der Waals surface area contributed by atoms with E-state index in [1.165, 1.54) is 89.9 Å². The molecular weight excluding hydrogens is 362 g/mol. The van der Waals surface area contributed by atoms with Crippen LogP contribution in [0, 0.1) is 0 Å². The first kappa shape index (κ1) is 28.4. The minimum absolute atomic E-state index is 0.107. The van der Waals surface area contributed by atoms with Gasteiger partial charge in [0.1, 0.15) is 0 Å². The highest BCUT2D eigenvalue weighted by Crippen LogP contribution is 2.11. The molecule has 0 heterocycles. The topological polar surface area (TPSA) is 58.6 Å². The van der Waals surface area contributed by atoms with Crippen LogP contribution in [0.25, 0.3) is 0 Å². The van der Waals surface area contributed by atoms with Crippen LogP contribution in [0.2, 0.25) is 0 Å². The predicted molar refractivity (Wildman–Crippen MR) is 125 cm³/mol. The molecule has 0 unspecified atom stereocenters. The third-order valence-corrected chi connectivity index (χ3v) is 5.62. The van der Waals surface area contributed by atoms with E-state index in [1.807, 2.05) is 0 Å². The molecule has 0 aromatic carbocycles. The van der Waals surface area contributed by atoms with Crippen molar-refractivity contribution in [2.75, 3.05) is 19.8 Å². The zero-order chi connectivity index (χ0) is 21.4. The maximum Gasteiger partial charge on any atom is 0.304 e. The lowest BCUT2D eigenvalue weighted by molar-refractivity contribution is -0.137. The quantitative estimate of drug-likeness (QED) is 0.166. The number of nitrogens with one attached hydrogen (secondary N) is 1. The van der Waals surface area contributed by atoms with Gasteiger partial charge in [-0.1, -0.05) is 104 Å². The van der Waals surface area contributed by atoms with Gasteiger partial charge in [-0.2, -0.15) is 0 Å². The summed E-state index contributed by atoms with van der Waals surface area (Å²) in [5.74, 6) is -0.701. The van der Waals surface area contributed by atoms with E-state index in [-0.39, 0.29) is 12.5 Å². The summed E-state index contributed by atoms with van der Waals surface area (Å²) in [6, 6.07) is 0.107. The van der Waals surface area contributed by atoms with E-state index in [4.69, 9.17) is 9.84 Å². The lowest BCUT2D eigenvalue weighted by Gasteiger charge is -2.17. The van der Waals surface area contributed by atoms with E-state index >= 15 is 0 Å². The van der Waals surface area contributed by atoms with Crippen LogP contribution >= 0.6 is 0 Å². The Balaban J connectivity index is 3.42. The van der Waals surface area contributed by atoms with Crippen LogP contribution in [0.15, 0.2) is 0 Å². The van der Waals surface area contributed by atoms with Crippen molar-refractivity contribution in [3.8, 4) is 0 Å². The molecule has 1 atom stereocenters. The van der Waals surface area contributed by atoms with Crippen LogP contribution < -0.4 is 5.32 Å². The molecular formula is C25H51NO3. The molecule has 0 radical (unpaired) electrons. The Morgan fingerprint density at radius 1 is 0.724 bits per heavy atom. The van der Waals surface area contributed by atoms with Gasteiger partial charge < -0.3 is 15.2 Å². The number of rotatable bonds is 24. The molecule has 0 aliphatic rings. The van der Waals surface area contributed by atoms with Crippen molar-refractivity contribution >= 4 is 5.97 Å². The summed E-state index contributed by atoms with van der Waals surface area (Å²) in [6.45, 7) is 6.98. The molecule has 0 aliphatic heterocycles. The standard InChI is InChI=1S/C25H51NO3/c1-3-5-7-9-10-11-12-13-15-17-21-29-22-18-20-26-24(23-25(27)28)19-16-14-8-6-4-2/h24,26H,3-23H2,1-2H3,(H,27,28)/t24-/m1/s1. The summed E-state index contributed by atoms with van der Waals surface area (Å²) >= 11 is 0. The fourth-order valence-corrected chi connectivity index (χ4v) is 3.76. The van der Waals surface area contributed by atoms with E-state index in [9.17, 15) is 4.79 Å². The van der Waals surface area contributed by atoms with E-state index in [1.54, 1.807) is 0 Å². The maximum atomic E-state index is 11.0. The predicted octanol–water partition coefficient (Wildman–Crippen LogP) is 7.11. The Bertz CT molecular complexity index is 336. The SMILES string of the molecule is CCCCCCCCCCCCOCCCN[C@H](CCCCCCC)CC(=O)O. The molecule has 0 amide bonds. The Labute approximate surface area is 181 Å². The minimum Gasteiger partial charge on any atom is -0.481 e. The summed E-state index contributed by atoms with van der Waals surface area (Å²) in [4.78, 5) is 11.0. The van der Waals surface area contributed by atoms with Gasteiger partial charge in [0.25, 0.3) is 0 Å². The monoisotopic (exact) mass is 413 g/mol. The number of hydrogen-bond donors (Lipinski definition) is 2. The number of unbranched alkanes of at least 4 members (excludes halogenated alkanes) is 13. The van der Waals surface area contributed by atoms with Crippen LogP contribution in [-0.4, -0.2) is 36.9 Å². The molecule has 29 heavy (non-hydrogen) atoms. The van der Waals surface area contributed by atoms with Gasteiger partial charge in [0.2, 0.25) is 0 Å². The second-order valence-electron chi connectivity index (χ2n) is 8.60. The smallest absolute Gasteiger partial charge is 0.304 e. The maximum absolute atomic E-state index is 11.0. The number of ether oxygens (including phenoxy) is 1. The summed E-state index contributed by atoms with van der Waals surface area (Å²) < 4.78 is 5.74. The second-order valence-corrected chi connectivity index (χ2v) is 8.60. The van der Waals surface area contributed by atoms with E-state index in [0.717, 1.165) is 39.0 Å². The van der Waals surface area contributed by atoms with E-state index in [0.29, 0.717) is 0 Å². The van der Waals surface area contributed by atoms with Crippen molar-refractivity contribution in [2.24, 2.45) is 0 Å². The molecule has 0 saturated carbocycles. The molecule has 2 N–H and O–H groups in total. The highest BCUT2D eigenvalue weighted by molar-refractivity contribution is 5.67. The summed E-state index contributed by atoms with van der Waals surface area (Å²) in [7, 11) is 0. The molecule has 0 spiro atoms. The zero-order valence-electron chi connectivity index (χ0n) is 19.7. The molecule has 174 valence electrons. The second kappa shape index (κ2) is 23.7. The molecule has 4 nitrogen and oxygen atoms in total. The molecule has 0 aliphatic carbocycles. The lowest BCUT2D eigenvalue weighted by atomic mass is 10.0. The van der Waals surface area contributed by atoms with E-state index in [2.05, 4.69) is 19.2 Å². The van der Waals surface area contributed by atoms with Crippen LogP contribution in [0.3, 0.4) is 0 Å². The highest BCUT2D eigenvalue weighted by atomic mass is 16.5. The number of carboxylic acid groups (broad SMARTS) is 1. The van der Waals surface area contributed by atoms with Crippen LogP contribution in [0.1, 0.15) is 129 Å². The van der Waals surface area contributed by atoms with Gasteiger partial charge in [0.15, 0.2) is 0 Å². The number of hydrogen-bond acceptors (Lipinski definition) is 3. The summed E-state index contributed by atoms with van der Waals surface area (Å²) in [6.07, 6.45) is 21.8. The Kier molecular flexibility index (Phi) is 23.2. The highest BCUT2D eigenvalue weighted by Gasteiger charge is 2.11. The largest absolute Gasteiger partial charge is 0.481 e. The Morgan fingerprint density at radius 3 is 1.76 bits per heavy atom. The van der Waals surface area contributed by atoms with Crippen molar-refractivity contribution in [3.63, 3.8) is 0 Å². The van der Waals surface area contributed by atoms with Gasteiger partial charge in [-0.05, 0) is 25.8 Å². The first-order valence-electron chi connectivity index (χ1n) is 12.7. The Hall–Kier alpha value is -0.610. The van der Waals surface area contributed by atoms with Crippen molar-refractivity contribution < 1.29 is 14.6 Å². The van der Waals surface area contributed by atoms with Gasteiger partial charge in [0.05, 0.1) is 6.42 Å². The van der Waals surface area contributed by atoms with Crippen LogP contribution in [0.4, 0.5) is 0 Å². The zero-order valence-corrected chi connectivity index (χ0v) is 19.7. The summed E-state index contributed by atoms with van der Waals surface area (Å²) in [5, 5.41) is 12.5. The summed E-state index contributed by atoms with van der Waals surface area (Å²) in [5.41, 5.74) is 0. The number of carboxylic acids is 1. The molecule has 4 heteroatoms. The molecule has 0 bridgehead atoms. The fraction of sp³-hybridized carbons (Fsp3) is 0.960. The lowest BCUT2D eigenvalue weighted by Crippen LogP contribution is -2.32. The van der Waals surface area contributed by atoms with Gasteiger partial charge >= 0.3 is 5.97 Å². The van der Waals surface area contributed by atoms with Crippen LogP contribution in [-0.2, 0) is 9.53 Å². The average Bonchev–Trinajstić information content (AvgIpc) is 2.70. The first-order valence-corrected chi connectivity index (χ1v) is 12.7. The van der Waals surface area contributed by atoms with Crippen molar-refractivity contribution in [1.29, 1.82) is 0 Å². The molecule has 0 rings (SSSR count). The Morgan fingerprint density at radius 2 is 1.21 bits per heavy atom.